The van der Waals surface area contributed by atoms with Crippen molar-refractivity contribution in [1.82, 2.24) is 0 Å². The Morgan fingerprint density at radius 3 is 2.23 bits per heavy atom. The molecule has 0 atom stereocenters. The van der Waals surface area contributed by atoms with Crippen molar-refractivity contribution in [1.29, 1.82) is 0 Å². The number of phenolic OH excluding ortho intramolecular Hbond substituents is 1. The Bertz CT molecular complexity index is 753. The average molecular weight is 348 g/mol. The SMILES string of the molecule is Oc1ccc(N2CCCCC2)cc1N1CCC(=Cc2ccccc2)CC1. The first-order valence-electron chi connectivity index (χ1n) is 9.87. The Balaban J connectivity index is 1.46. The number of hydrogen-bond acceptors (Lipinski definition) is 3. The van der Waals surface area contributed by atoms with Crippen molar-refractivity contribution in [2.75, 3.05) is 36.0 Å². The zero-order valence-corrected chi connectivity index (χ0v) is 15.4. The second-order valence-electron chi connectivity index (χ2n) is 7.42. The third-order valence-electron chi connectivity index (χ3n) is 5.60. The number of nitrogens with zero attached hydrogens (tertiary/aromatic N) is 2. The van der Waals surface area contributed by atoms with Crippen LogP contribution in [-0.4, -0.2) is 31.3 Å². The van der Waals surface area contributed by atoms with Crippen molar-refractivity contribution >= 4 is 17.5 Å². The molecule has 2 aliphatic heterocycles. The van der Waals surface area contributed by atoms with Gasteiger partial charge in [-0.25, -0.2) is 0 Å². The monoisotopic (exact) mass is 348 g/mol. The van der Waals surface area contributed by atoms with E-state index in [0.29, 0.717) is 5.75 Å². The van der Waals surface area contributed by atoms with Gasteiger partial charge in [-0.2, -0.15) is 0 Å². The van der Waals surface area contributed by atoms with E-state index >= 15 is 0 Å². The van der Waals surface area contributed by atoms with Crippen LogP contribution in [0.4, 0.5) is 11.4 Å². The van der Waals surface area contributed by atoms with Crippen LogP contribution >= 0.6 is 0 Å². The van der Waals surface area contributed by atoms with Gasteiger partial charge in [-0.15, -0.1) is 0 Å². The lowest BCUT2D eigenvalue weighted by Gasteiger charge is -2.33. The van der Waals surface area contributed by atoms with Gasteiger partial charge in [0.1, 0.15) is 5.75 Å². The molecule has 2 aromatic rings. The Morgan fingerprint density at radius 2 is 1.50 bits per heavy atom. The molecule has 1 N–H and O–H groups in total. The largest absolute Gasteiger partial charge is 0.506 e. The number of rotatable bonds is 3. The summed E-state index contributed by atoms with van der Waals surface area (Å²) in [5.74, 6) is 0.404. The van der Waals surface area contributed by atoms with Gasteiger partial charge in [-0.1, -0.05) is 42.0 Å². The standard InChI is InChI=1S/C23H28N2O/c26-23-10-9-21(24-13-5-2-6-14-24)18-22(23)25-15-11-20(12-16-25)17-19-7-3-1-4-8-19/h1,3-4,7-10,17-18,26H,2,5-6,11-16H2. The van der Waals surface area contributed by atoms with Gasteiger partial charge < -0.3 is 14.9 Å². The van der Waals surface area contributed by atoms with Gasteiger partial charge >= 0.3 is 0 Å². The van der Waals surface area contributed by atoms with Gasteiger partial charge in [0.2, 0.25) is 0 Å². The van der Waals surface area contributed by atoms with Gasteiger partial charge in [0, 0.05) is 31.9 Å². The predicted molar refractivity (Wildman–Crippen MR) is 110 cm³/mol. The molecule has 26 heavy (non-hydrogen) atoms. The van der Waals surface area contributed by atoms with Crippen LogP contribution in [0.3, 0.4) is 0 Å². The maximum Gasteiger partial charge on any atom is 0.139 e. The summed E-state index contributed by atoms with van der Waals surface area (Å²) in [7, 11) is 0. The zero-order chi connectivity index (χ0) is 17.8. The first-order valence-corrected chi connectivity index (χ1v) is 9.87. The van der Waals surface area contributed by atoms with E-state index < -0.39 is 0 Å². The minimum Gasteiger partial charge on any atom is -0.506 e. The third kappa shape index (κ3) is 3.87. The van der Waals surface area contributed by atoms with Crippen LogP contribution in [-0.2, 0) is 0 Å². The summed E-state index contributed by atoms with van der Waals surface area (Å²) >= 11 is 0. The highest BCUT2D eigenvalue weighted by molar-refractivity contribution is 5.67. The fourth-order valence-corrected chi connectivity index (χ4v) is 4.08. The number of piperidine rings is 2. The third-order valence-corrected chi connectivity index (χ3v) is 5.60. The van der Waals surface area contributed by atoms with Crippen LogP contribution in [0.25, 0.3) is 6.08 Å². The molecule has 0 saturated carbocycles. The smallest absolute Gasteiger partial charge is 0.139 e. The lowest BCUT2D eigenvalue weighted by molar-refractivity contribution is 0.472. The van der Waals surface area contributed by atoms with Gasteiger partial charge in [0.15, 0.2) is 0 Å². The van der Waals surface area contributed by atoms with E-state index in [4.69, 9.17) is 0 Å². The lowest BCUT2D eigenvalue weighted by atomic mass is 10.00. The molecule has 0 aromatic heterocycles. The molecule has 2 saturated heterocycles. The topological polar surface area (TPSA) is 26.7 Å². The number of anilines is 2. The van der Waals surface area contributed by atoms with E-state index in [-0.39, 0.29) is 0 Å². The minimum absolute atomic E-state index is 0.404. The summed E-state index contributed by atoms with van der Waals surface area (Å²) < 4.78 is 0. The van der Waals surface area contributed by atoms with Crippen LogP contribution in [0.5, 0.6) is 5.75 Å². The normalized spacial score (nSPS) is 18.1. The van der Waals surface area contributed by atoms with Crippen molar-refractivity contribution in [3.8, 4) is 5.75 Å². The van der Waals surface area contributed by atoms with Crippen LogP contribution in [0, 0.1) is 0 Å². The number of aromatic hydroxyl groups is 1. The summed E-state index contributed by atoms with van der Waals surface area (Å²) in [6, 6.07) is 16.7. The summed E-state index contributed by atoms with van der Waals surface area (Å²) in [5.41, 5.74) is 5.03. The average Bonchev–Trinajstić information content (AvgIpc) is 2.71. The number of hydrogen-bond donors (Lipinski definition) is 1. The maximum atomic E-state index is 10.4. The van der Waals surface area contributed by atoms with E-state index in [1.54, 1.807) is 0 Å². The van der Waals surface area contributed by atoms with Crippen molar-refractivity contribution in [3.05, 3.63) is 59.7 Å². The maximum absolute atomic E-state index is 10.4. The van der Waals surface area contributed by atoms with Gasteiger partial charge in [-0.05, 0) is 55.9 Å². The van der Waals surface area contributed by atoms with Crippen LogP contribution < -0.4 is 9.80 Å². The summed E-state index contributed by atoms with van der Waals surface area (Å²) in [5, 5.41) is 10.4. The first-order chi connectivity index (χ1) is 12.8. The highest BCUT2D eigenvalue weighted by Gasteiger charge is 2.19. The molecule has 0 bridgehead atoms. The molecule has 2 aliphatic rings. The molecule has 136 valence electrons. The molecule has 0 radical (unpaired) electrons. The van der Waals surface area contributed by atoms with Crippen LogP contribution in [0.2, 0.25) is 0 Å². The van der Waals surface area contributed by atoms with E-state index in [0.717, 1.165) is 44.7 Å². The van der Waals surface area contributed by atoms with E-state index in [1.807, 2.05) is 6.07 Å². The van der Waals surface area contributed by atoms with Crippen LogP contribution in [0.15, 0.2) is 54.1 Å². The molecule has 2 aromatic carbocycles. The van der Waals surface area contributed by atoms with Gasteiger partial charge in [0.05, 0.1) is 5.69 Å². The van der Waals surface area contributed by atoms with Crippen molar-refractivity contribution in [3.63, 3.8) is 0 Å². The molecule has 2 fully saturated rings. The molecule has 0 amide bonds. The molecule has 0 unspecified atom stereocenters. The van der Waals surface area contributed by atoms with Gasteiger partial charge in [0.25, 0.3) is 0 Å². The first kappa shape index (κ1) is 17.0. The van der Waals surface area contributed by atoms with Crippen molar-refractivity contribution in [2.45, 2.75) is 32.1 Å². The lowest BCUT2D eigenvalue weighted by Crippen LogP contribution is -2.32. The second kappa shape index (κ2) is 7.86. The molecule has 3 heteroatoms. The highest BCUT2D eigenvalue weighted by atomic mass is 16.3. The summed E-state index contributed by atoms with van der Waals surface area (Å²) in [6.45, 7) is 4.20. The fraction of sp³-hybridized carbons (Fsp3) is 0.391. The predicted octanol–water partition coefficient (Wildman–Crippen LogP) is 5.07. The van der Waals surface area contributed by atoms with Crippen LogP contribution in [0.1, 0.15) is 37.7 Å². The number of benzene rings is 2. The second-order valence-corrected chi connectivity index (χ2v) is 7.42. The highest BCUT2D eigenvalue weighted by Crippen LogP contribution is 2.35. The molecule has 0 aliphatic carbocycles. The molecule has 4 rings (SSSR count). The fourth-order valence-electron chi connectivity index (χ4n) is 4.08. The molecule has 0 spiro atoms. The quantitative estimate of drug-likeness (QED) is 0.839. The van der Waals surface area contributed by atoms with Crippen molar-refractivity contribution < 1.29 is 5.11 Å². The van der Waals surface area contributed by atoms with E-state index in [9.17, 15) is 5.11 Å². The Hall–Kier alpha value is -2.42. The Kier molecular flexibility index (Phi) is 5.14. The summed E-state index contributed by atoms with van der Waals surface area (Å²) in [4.78, 5) is 4.79. The zero-order valence-electron chi connectivity index (χ0n) is 15.4. The number of phenols is 1. The summed E-state index contributed by atoms with van der Waals surface area (Å²) in [6.07, 6.45) is 8.32. The van der Waals surface area contributed by atoms with Crippen molar-refractivity contribution in [2.24, 2.45) is 0 Å². The molecular weight excluding hydrogens is 320 g/mol. The van der Waals surface area contributed by atoms with E-state index in [2.05, 4.69) is 58.3 Å². The molecule has 2 heterocycles. The Labute approximate surface area is 156 Å². The van der Waals surface area contributed by atoms with Gasteiger partial charge in [-0.3, -0.25) is 0 Å². The Morgan fingerprint density at radius 1 is 0.769 bits per heavy atom. The van der Waals surface area contributed by atoms with E-state index in [1.165, 1.54) is 36.1 Å². The minimum atomic E-state index is 0.404. The molecular formula is C23H28N2O. The molecule has 3 nitrogen and oxygen atoms in total.